The number of nitrogens with one attached hydrogen (secondary N) is 1. The van der Waals surface area contributed by atoms with E-state index in [1.54, 1.807) is 18.2 Å². The molecule has 0 fully saturated rings. The summed E-state index contributed by atoms with van der Waals surface area (Å²) >= 11 is 0. The summed E-state index contributed by atoms with van der Waals surface area (Å²) in [7, 11) is -2.19. The molecule has 0 aliphatic rings. The summed E-state index contributed by atoms with van der Waals surface area (Å²) in [4.78, 5) is 0.331. The maximum atomic E-state index is 13.0. The van der Waals surface area contributed by atoms with E-state index in [4.69, 9.17) is 9.47 Å². The molecular weight excluding hydrogens is 338 g/mol. The molecule has 2 rings (SSSR count). The number of hydrogen-bond donors (Lipinski definition) is 1. The Morgan fingerprint density at radius 3 is 2.08 bits per heavy atom. The van der Waals surface area contributed by atoms with Crippen molar-refractivity contribution in [2.24, 2.45) is 0 Å². The largest absolute Gasteiger partial charge is 0.493 e. The molecular formula is C19H25NO4S. The van der Waals surface area contributed by atoms with Crippen molar-refractivity contribution in [2.75, 3.05) is 18.4 Å². The van der Waals surface area contributed by atoms with E-state index in [0.717, 1.165) is 22.3 Å². The third kappa shape index (κ3) is 3.90. The SMILES string of the molecule is CCOc1ccc(NS(=O)(=O)c2c(C)c(C)cc(C)c2C)cc1OC. The van der Waals surface area contributed by atoms with Crippen LogP contribution in [0, 0.1) is 27.7 Å². The molecule has 0 aliphatic heterocycles. The van der Waals surface area contributed by atoms with Gasteiger partial charge in [-0.3, -0.25) is 4.72 Å². The van der Waals surface area contributed by atoms with Crippen LogP contribution in [-0.2, 0) is 10.0 Å². The lowest BCUT2D eigenvalue weighted by Gasteiger charge is -2.17. The van der Waals surface area contributed by atoms with E-state index in [2.05, 4.69) is 4.72 Å². The zero-order valence-corrected chi connectivity index (χ0v) is 16.4. The molecule has 0 aromatic heterocycles. The van der Waals surface area contributed by atoms with Gasteiger partial charge in [0.15, 0.2) is 11.5 Å². The minimum Gasteiger partial charge on any atom is -0.493 e. The quantitative estimate of drug-likeness (QED) is 0.838. The van der Waals surface area contributed by atoms with Gasteiger partial charge in [0.25, 0.3) is 10.0 Å². The van der Waals surface area contributed by atoms with Crippen LogP contribution >= 0.6 is 0 Å². The fraction of sp³-hybridized carbons (Fsp3) is 0.368. The van der Waals surface area contributed by atoms with Crippen LogP contribution in [0.4, 0.5) is 5.69 Å². The van der Waals surface area contributed by atoms with Crippen LogP contribution in [0.1, 0.15) is 29.2 Å². The second-order valence-electron chi connectivity index (χ2n) is 5.99. The van der Waals surface area contributed by atoms with E-state index in [9.17, 15) is 8.42 Å². The Hall–Kier alpha value is -2.21. The van der Waals surface area contributed by atoms with E-state index in [1.165, 1.54) is 7.11 Å². The fourth-order valence-electron chi connectivity index (χ4n) is 2.80. The zero-order valence-electron chi connectivity index (χ0n) is 15.6. The molecule has 0 bridgehead atoms. The minimum atomic E-state index is -3.72. The smallest absolute Gasteiger partial charge is 0.262 e. The maximum absolute atomic E-state index is 13.0. The van der Waals surface area contributed by atoms with Crippen molar-refractivity contribution in [2.45, 2.75) is 39.5 Å². The third-order valence-corrected chi connectivity index (χ3v) is 5.94. The van der Waals surface area contributed by atoms with Crippen LogP contribution in [0.25, 0.3) is 0 Å². The molecule has 0 radical (unpaired) electrons. The summed E-state index contributed by atoms with van der Waals surface area (Å²) < 4.78 is 39.4. The second-order valence-corrected chi connectivity index (χ2v) is 7.61. The minimum absolute atomic E-state index is 0.331. The van der Waals surface area contributed by atoms with E-state index in [1.807, 2.05) is 40.7 Å². The average Bonchev–Trinajstić information content (AvgIpc) is 2.54. The number of ether oxygens (including phenoxy) is 2. The van der Waals surface area contributed by atoms with Crippen molar-refractivity contribution >= 4 is 15.7 Å². The highest BCUT2D eigenvalue weighted by atomic mass is 32.2. The lowest BCUT2D eigenvalue weighted by Crippen LogP contribution is -2.17. The van der Waals surface area contributed by atoms with E-state index < -0.39 is 10.0 Å². The molecule has 0 aliphatic carbocycles. The molecule has 0 spiro atoms. The van der Waals surface area contributed by atoms with Crippen molar-refractivity contribution in [1.82, 2.24) is 0 Å². The van der Waals surface area contributed by atoms with E-state index >= 15 is 0 Å². The van der Waals surface area contributed by atoms with Gasteiger partial charge in [-0.15, -0.1) is 0 Å². The molecule has 0 amide bonds. The highest BCUT2D eigenvalue weighted by Crippen LogP contribution is 2.32. The first-order valence-corrected chi connectivity index (χ1v) is 9.60. The van der Waals surface area contributed by atoms with Crippen molar-refractivity contribution < 1.29 is 17.9 Å². The lowest BCUT2D eigenvalue weighted by molar-refractivity contribution is 0.311. The van der Waals surface area contributed by atoms with Gasteiger partial charge in [-0.05, 0) is 69.0 Å². The van der Waals surface area contributed by atoms with Gasteiger partial charge >= 0.3 is 0 Å². The summed E-state index contributed by atoms with van der Waals surface area (Å²) in [6, 6.07) is 6.99. The summed E-state index contributed by atoms with van der Waals surface area (Å²) in [5, 5.41) is 0. The Kier molecular flexibility index (Phi) is 5.62. The fourth-order valence-corrected chi connectivity index (χ4v) is 4.46. The van der Waals surface area contributed by atoms with Crippen LogP contribution < -0.4 is 14.2 Å². The number of benzene rings is 2. The van der Waals surface area contributed by atoms with Gasteiger partial charge in [0.05, 0.1) is 24.3 Å². The molecule has 0 atom stereocenters. The number of aryl methyl sites for hydroxylation is 2. The molecule has 0 unspecified atom stereocenters. The summed E-state index contributed by atoms with van der Waals surface area (Å²) in [6.45, 7) is 9.87. The Morgan fingerprint density at radius 2 is 1.56 bits per heavy atom. The number of anilines is 1. The standard InChI is InChI=1S/C19H25NO4S/c1-7-24-17-9-8-16(11-18(17)23-6)20-25(21,22)19-14(4)12(2)10-13(3)15(19)5/h8-11,20H,7H2,1-6H3. The first-order valence-electron chi connectivity index (χ1n) is 8.12. The van der Waals surface area contributed by atoms with Crippen molar-refractivity contribution in [3.05, 3.63) is 46.5 Å². The summed E-state index contributed by atoms with van der Waals surface area (Å²) in [6.07, 6.45) is 0. The predicted octanol–water partition coefficient (Wildman–Crippen LogP) is 4.13. The van der Waals surface area contributed by atoms with E-state index in [0.29, 0.717) is 28.7 Å². The van der Waals surface area contributed by atoms with Gasteiger partial charge in [-0.2, -0.15) is 0 Å². The van der Waals surface area contributed by atoms with Gasteiger partial charge in [0.1, 0.15) is 0 Å². The molecule has 6 heteroatoms. The highest BCUT2D eigenvalue weighted by Gasteiger charge is 2.22. The van der Waals surface area contributed by atoms with Crippen LogP contribution in [-0.4, -0.2) is 22.1 Å². The zero-order chi connectivity index (χ0) is 18.8. The molecule has 25 heavy (non-hydrogen) atoms. The Bertz CT molecular complexity index is 863. The number of hydrogen-bond acceptors (Lipinski definition) is 4. The number of rotatable bonds is 6. The first kappa shape index (κ1) is 19.1. The van der Waals surface area contributed by atoms with Crippen LogP contribution in [0.15, 0.2) is 29.2 Å². The van der Waals surface area contributed by atoms with Crippen molar-refractivity contribution in [1.29, 1.82) is 0 Å². The topological polar surface area (TPSA) is 64.6 Å². The van der Waals surface area contributed by atoms with Gasteiger partial charge in [0.2, 0.25) is 0 Å². The second kappa shape index (κ2) is 7.35. The van der Waals surface area contributed by atoms with Gasteiger partial charge in [-0.1, -0.05) is 6.07 Å². The summed E-state index contributed by atoms with van der Waals surface area (Å²) in [5.74, 6) is 1.06. The number of methoxy groups -OCH3 is 1. The first-order chi connectivity index (χ1) is 11.7. The molecule has 2 aromatic carbocycles. The van der Waals surface area contributed by atoms with E-state index in [-0.39, 0.29) is 0 Å². The molecule has 1 N–H and O–H groups in total. The Labute approximate surface area is 150 Å². The van der Waals surface area contributed by atoms with Gasteiger partial charge in [-0.25, -0.2) is 8.42 Å². The molecule has 0 heterocycles. The molecule has 2 aromatic rings. The van der Waals surface area contributed by atoms with Gasteiger partial charge in [0, 0.05) is 6.07 Å². The van der Waals surface area contributed by atoms with Crippen LogP contribution in [0.3, 0.4) is 0 Å². The van der Waals surface area contributed by atoms with Crippen LogP contribution in [0.2, 0.25) is 0 Å². The predicted molar refractivity (Wildman–Crippen MR) is 100 cm³/mol. The molecule has 136 valence electrons. The van der Waals surface area contributed by atoms with Crippen LogP contribution in [0.5, 0.6) is 11.5 Å². The van der Waals surface area contributed by atoms with Gasteiger partial charge < -0.3 is 9.47 Å². The van der Waals surface area contributed by atoms with Crippen molar-refractivity contribution in [3.63, 3.8) is 0 Å². The normalized spacial score (nSPS) is 11.3. The molecule has 0 saturated heterocycles. The maximum Gasteiger partial charge on any atom is 0.262 e. The molecule has 5 nitrogen and oxygen atoms in total. The Balaban J connectivity index is 2.47. The third-order valence-electron chi connectivity index (χ3n) is 4.28. The highest BCUT2D eigenvalue weighted by molar-refractivity contribution is 7.92. The summed E-state index contributed by atoms with van der Waals surface area (Å²) in [5.41, 5.74) is 3.85. The molecule has 0 saturated carbocycles. The van der Waals surface area contributed by atoms with Crippen molar-refractivity contribution in [3.8, 4) is 11.5 Å². The Morgan fingerprint density at radius 1 is 0.960 bits per heavy atom. The average molecular weight is 363 g/mol. The monoisotopic (exact) mass is 363 g/mol. The lowest BCUT2D eigenvalue weighted by atomic mass is 10.0. The number of sulfonamides is 1.